The van der Waals surface area contributed by atoms with E-state index in [2.05, 4.69) is 10.5 Å². The van der Waals surface area contributed by atoms with Gasteiger partial charge in [-0.15, -0.1) is 0 Å². The summed E-state index contributed by atoms with van der Waals surface area (Å²) in [6.45, 7) is 0. The maximum absolute atomic E-state index is 12.3. The quantitative estimate of drug-likeness (QED) is 0.838. The van der Waals surface area contributed by atoms with Crippen LogP contribution in [0.25, 0.3) is 0 Å². The normalized spacial score (nSPS) is 17.3. The molecule has 0 saturated heterocycles. The first kappa shape index (κ1) is 16.7. The summed E-state index contributed by atoms with van der Waals surface area (Å²) in [5.41, 5.74) is 2.33. The Labute approximate surface area is 145 Å². The molecule has 0 bridgehead atoms. The predicted octanol–water partition coefficient (Wildman–Crippen LogP) is 0.657. The minimum Gasteiger partial charge on any atom is -0.548 e. The molecule has 2 atom stereocenters. The van der Waals surface area contributed by atoms with Crippen LogP contribution in [0.1, 0.15) is 17.5 Å². The third kappa shape index (κ3) is 4.23. The Kier molecular flexibility index (Phi) is 5.09. The Morgan fingerprint density at radius 2 is 1.76 bits per heavy atom. The van der Waals surface area contributed by atoms with Crippen molar-refractivity contribution in [3.8, 4) is 0 Å². The fraction of sp³-hybridized carbons (Fsp3) is 0.211. The number of amides is 1. The zero-order valence-electron chi connectivity index (χ0n) is 13.4. The Morgan fingerprint density at radius 3 is 2.40 bits per heavy atom. The van der Waals surface area contributed by atoms with Crippen molar-refractivity contribution in [2.45, 2.75) is 25.0 Å². The maximum atomic E-state index is 12.3. The lowest BCUT2D eigenvalue weighted by molar-refractivity contribution is -0.308. The van der Waals surface area contributed by atoms with Gasteiger partial charge < -0.3 is 20.1 Å². The molecule has 3 rings (SSSR count). The average molecular weight is 337 g/mol. The van der Waals surface area contributed by atoms with Crippen LogP contribution in [0.5, 0.6) is 0 Å². The Hall–Kier alpha value is -3.15. The van der Waals surface area contributed by atoms with Gasteiger partial charge in [-0.1, -0.05) is 65.8 Å². The van der Waals surface area contributed by atoms with Crippen LogP contribution in [0, 0.1) is 0 Å². The van der Waals surface area contributed by atoms with Crippen molar-refractivity contribution in [3.63, 3.8) is 0 Å². The molecule has 0 spiro atoms. The summed E-state index contributed by atoms with van der Waals surface area (Å²) >= 11 is 0. The Balaban J connectivity index is 1.60. The SMILES string of the molecule is O=C([O-])[C@H](Cc1ccccc1)NC(=O)[C@@H]1CC(c2ccccc2)=NO1. The molecular weight excluding hydrogens is 320 g/mol. The van der Waals surface area contributed by atoms with Crippen LogP contribution >= 0.6 is 0 Å². The van der Waals surface area contributed by atoms with Crippen LogP contribution < -0.4 is 10.4 Å². The van der Waals surface area contributed by atoms with Gasteiger partial charge in [-0.25, -0.2) is 0 Å². The first-order valence-corrected chi connectivity index (χ1v) is 7.97. The highest BCUT2D eigenvalue weighted by atomic mass is 16.6. The van der Waals surface area contributed by atoms with Crippen molar-refractivity contribution in [1.82, 2.24) is 5.32 Å². The molecule has 0 fully saturated rings. The standard InChI is InChI=1S/C19H18N2O4/c22-18(17-12-15(21-25-17)14-9-5-2-6-10-14)20-16(19(23)24)11-13-7-3-1-4-8-13/h1-10,16-17H,11-12H2,(H,20,22)(H,23,24)/p-1/t16-,17-/m0/s1. The monoisotopic (exact) mass is 337 g/mol. The summed E-state index contributed by atoms with van der Waals surface area (Å²) in [7, 11) is 0. The molecular formula is C19H17N2O4-. The lowest BCUT2D eigenvalue weighted by Crippen LogP contribution is -2.51. The predicted molar refractivity (Wildman–Crippen MR) is 89.6 cm³/mol. The molecule has 1 aliphatic rings. The first-order chi connectivity index (χ1) is 12.1. The number of hydrogen-bond donors (Lipinski definition) is 1. The summed E-state index contributed by atoms with van der Waals surface area (Å²) in [6, 6.07) is 17.3. The van der Waals surface area contributed by atoms with Crippen LogP contribution in [-0.4, -0.2) is 29.7 Å². The molecule has 6 nitrogen and oxygen atoms in total. The molecule has 6 heteroatoms. The second kappa shape index (κ2) is 7.61. The summed E-state index contributed by atoms with van der Waals surface area (Å²) < 4.78 is 0. The van der Waals surface area contributed by atoms with Crippen LogP contribution in [0.15, 0.2) is 65.8 Å². The number of oxime groups is 1. The van der Waals surface area contributed by atoms with E-state index in [1.165, 1.54) is 0 Å². The van der Waals surface area contributed by atoms with Gasteiger partial charge in [0, 0.05) is 6.42 Å². The molecule has 1 N–H and O–H groups in total. The fourth-order valence-electron chi connectivity index (χ4n) is 2.63. The largest absolute Gasteiger partial charge is 0.548 e. The summed E-state index contributed by atoms with van der Waals surface area (Å²) in [5, 5.41) is 17.8. The van der Waals surface area contributed by atoms with Crippen molar-refractivity contribution in [2.24, 2.45) is 5.16 Å². The Morgan fingerprint density at radius 1 is 1.12 bits per heavy atom. The van der Waals surface area contributed by atoms with Gasteiger partial charge in [0.15, 0.2) is 0 Å². The van der Waals surface area contributed by atoms with E-state index < -0.39 is 24.0 Å². The number of nitrogens with one attached hydrogen (secondary N) is 1. The molecule has 25 heavy (non-hydrogen) atoms. The molecule has 1 amide bonds. The minimum atomic E-state index is -1.33. The maximum Gasteiger partial charge on any atom is 0.264 e. The van der Waals surface area contributed by atoms with Gasteiger partial charge in [-0.3, -0.25) is 4.79 Å². The van der Waals surface area contributed by atoms with Gasteiger partial charge >= 0.3 is 0 Å². The third-order valence-electron chi connectivity index (χ3n) is 3.95. The van der Waals surface area contributed by atoms with Crippen molar-refractivity contribution in [3.05, 3.63) is 71.8 Å². The van der Waals surface area contributed by atoms with Crippen molar-refractivity contribution in [2.75, 3.05) is 0 Å². The zero-order chi connectivity index (χ0) is 17.6. The molecule has 0 aromatic heterocycles. The van der Waals surface area contributed by atoms with E-state index in [4.69, 9.17) is 4.84 Å². The lowest BCUT2D eigenvalue weighted by Gasteiger charge is -2.21. The molecule has 0 saturated carbocycles. The van der Waals surface area contributed by atoms with E-state index in [0.717, 1.165) is 11.1 Å². The van der Waals surface area contributed by atoms with Crippen molar-refractivity contribution < 1.29 is 19.5 Å². The highest BCUT2D eigenvalue weighted by Gasteiger charge is 2.30. The second-order valence-electron chi connectivity index (χ2n) is 5.77. The first-order valence-electron chi connectivity index (χ1n) is 7.97. The van der Waals surface area contributed by atoms with E-state index in [0.29, 0.717) is 12.1 Å². The Bertz CT molecular complexity index is 775. The molecule has 1 heterocycles. The van der Waals surface area contributed by atoms with Crippen LogP contribution in [-0.2, 0) is 20.8 Å². The molecule has 0 aliphatic carbocycles. The van der Waals surface area contributed by atoms with E-state index in [1.54, 1.807) is 12.1 Å². The summed E-state index contributed by atoms with van der Waals surface area (Å²) in [5.74, 6) is -1.85. The van der Waals surface area contributed by atoms with Crippen molar-refractivity contribution in [1.29, 1.82) is 0 Å². The molecule has 0 radical (unpaired) electrons. The number of hydrogen-bond acceptors (Lipinski definition) is 5. The number of carbonyl (C=O) groups is 2. The minimum absolute atomic E-state index is 0.147. The van der Waals surface area contributed by atoms with Crippen LogP contribution in [0.4, 0.5) is 0 Å². The van der Waals surface area contributed by atoms with E-state index in [1.807, 2.05) is 48.5 Å². The van der Waals surface area contributed by atoms with Gasteiger partial charge in [-0.05, 0) is 17.5 Å². The van der Waals surface area contributed by atoms with Crippen LogP contribution in [0.2, 0.25) is 0 Å². The second-order valence-corrected chi connectivity index (χ2v) is 5.77. The number of aliphatic carboxylic acids is 1. The fourth-order valence-corrected chi connectivity index (χ4v) is 2.63. The van der Waals surface area contributed by atoms with Gasteiger partial charge in [0.05, 0.1) is 17.7 Å². The summed E-state index contributed by atoms with van der Waals surface area (Å²) in [6.07, 6.45) is -0.401. The highest BCUT2D eigenvalue weighted by molar-refractivity contribution is 6.04. The number of benzene rings is 2. The lowest BCUT2D eigenvalue weighted by atomic mass is 10.0. The molecule has 2 aromatic rings. The zero-order valence-corrected chi connectivity index (χ0v) is 13.4. The third-order valence-corrected chi connectivity index (χ3v) is 3.95. The molecule has 0 unspecified atom stereocenters. The molecule has 128 valence electrons. The number of carboxylic acid groups (broad SMARTS) is 1. The summed E-state index contributed by atoms with van der Waals surface area (Å²) in [4.78, 5) is 28.8. The van der Waals surface area contributed by atoms with Gasteiger partial charge in [0.2, 0.25) is 6.10 Å². The number of nitrogens with zero attached hydrogens (tertiary/aromatic N) is 1. The smallest absolute Gasteiger partial charge is 0.264 e. The van der Waals surface area contributed by atoms with Gasteiger partial charge in [0.1, 0.15) is 0 Å². The number of carboxylic acids is 1. The van der Waals surface area contributed by atoms with Crippen molar-refractivity contribution >= 4 is 17.6 Å². The topological polar surface area (TPSA) is 90.8 Å². The van der Waals surface area contributed by atoms with Gasteiger partial charge in [-0.2, -0.15) is 0 Å². The molecule has 1 aliphatic heterocycles. The highest BCUT2D eigenvalue weighted by Crippen LogP contribution is 2.17. The van der Waals surface area contributed by atoms with Gasteiger partial charge in [0.25, 0.3) is 5.91 Å². The number of rotatable bonds is 6. The van der Waals surface area contributed by atoms with E-state index in [9.17, 15) is 14.7 Å². The molecule has 2 aromatic carbocycles. The van der Waals surface area contributed by atoms with Crippen LogP contribution in [0.3, 0.4) is 0 Å². The number of carbonyl (C=O) groups excluding carboxylic acids is 2. The van der Waals surface area contributed by atoms with E-state index in [-0.39, 0.29) is 6.42 Å². The van der Waals surface area contributed by atoms with E-state index >= 15 is 0 Å². The average Bonchev–Trinajstić information content (AvgIpc) is 3.13.